The van der Waals surface area contributed by atoms with Crippen molar-refractivity contribution < 1.29 is 25.3 Å². The van der Waals surface area contributed by atoms with Crippen LogP contribution in [0, 0.1) is 0 Å². The minimum Gasteiger partial charge on any atom is -0.545 e. The van der Waals surface area contributed by atoms with Crippen LogP contribution in [-0.4, -0.2) is 40.5 Å². The van der Waals surface area contributed by atoms with Gasteiger partial charge in [0, 0.05) is 0 Å². The fourth-order valence-electron chi connectivity index (χ4n) is 0.742. The summed E-state index contributed by atoms with van der Waals surface area (Å²) in [6.45, 7) is 0. The Morgan fingerprint density at radius 3 is 1.21 bits per heavy atom. The predicted octanol–water partition coefficient (Wildman–Crippen LogP) is -2.79. The molecule has 0 radical (unpaired) electrons. The molecule has 0 atom stereocenters. The van der Waals surface area contributed by atoms with E-state index in [4.69, 9.17) is 0 Å². The van der Waals surface area contributed by atoms with Crippen molar-refractivity contribution >= 4 is 35.0 Å². The molecule has 0 fully saturated rings. The van der Waals surface area contributed by atoms with Crippen molar-refractivity contribution in [1.82, 2.24) is 0 Å². The van der Waals surface area contributed by atoms with E-state index in [0.29, 0.717) is 0 Å². The summed E-state index contributed by atoms with van der Waals surface area (Å²) < 4.78 is 0. The number of hydrogen-bond donors (Lipinski definition) is 0. The standard InChI is InChI=1S/C8H6O4.Mg.H2O/c9-7(10)5-1-2-6(4-3-5)8(11)12;;/h1-4H,(H,9,10)(H,11,12);;1H2/q;+2;/p-2. The molecule has 6 heteroatoms. The van der Waals surface area contributed by atoms with E-state index in [-0.39, 0.29) is 39.7 Å². The Morgan fingerprint density at radius 2 is 1.07 bits per heavy atom. The van der Waals surface area contributed by atoms with Crippen LogP contribution in [0.5, 0.6) is 0 Å². The van der Waals surface area contributed by atoms with Crippen LogP contribution in [0.4, 0.5) is 0 Å². The molecule has 0 saturated carbocycles. The summed E-state index contributed by atoms with van der Waals surface area (Å²) in [4.78, 5) is 20.4. The van der Waals surface area contributed by atoms with Gasteiger partial charge < -0.3 is 25.3 Å². The maximum atomic E-state index is 10.2. The summed E-state index contributed by atoms with van der Waals surface area (Å²) in [5.74, 6) is -2.67. The number of carbonyl (C=O) groups is 2. The molecule has 0 unspecified atom stereocenters. The number of rotatable bonds is 2. The smallest absolute Gasteiger partial charge is 0.545 e. The van der Waals surface area contributed by atoms with Crippen molar-refractivity contribution in [3.63, 3.8) is 0 Å². The van der Waals surface area contributed by atoms with Crippen molar-refractivity contribution in [2.45, 2.75) is 0 Å². The maximum Gasteiger partial charge on any atom is 2.00 e. The molecule has 0 bridgehead atoms. The van der Waals surface area contributed by atoms with Crippen LogP contribution in [0.2, 0.25) is 0 Å². The summed E-state index contributed by atoms with van der Waals surface area (Å²) in [6, 6.07) is 4.61. The Morgan fingerprint density at radius 1 is 0.857 bits per heavy atom. The van der Waals surface area contributed by atoms with Gasteiger partial charge in [0.2, 0.25) is 0 Å². The maximum absolute atomic E-state index is 10.2. The largest absolute Gasteiger partial charge is 2.00 e. The van der Waals surface area contributed by atoms with Gasteiger partial charge in [-0.2, -0.15) is 0 Å². The summed E-state index contributed by atoms with van der Waals surface area (Å²) in [5, 5.41) is 20.4. The van der Waals surface area contributed by atoms with E-state index < -0.39 is 11.9 Å². The van der Waals surface area contributed by atoms with Crippen LogP contribution < -0.4 is 10.2 Å². The van der Waals surface area contributed by atoms with Crippen molar-refractivity contribution in [1.29, 1.82) is 0 Å². The van der Waals surface area contributed by atoms with Gasteiger partial charge in [-0.05, 0) is 11.1 Å². The Bertz CT molecular complexity index is 286. The van der Waals surface area contributed by atoms with Crippen LogP contribution in [0.3, 0.4) is 0 Å². The van der Waals surface area contributed by atoms with Gasteiger partial charge in [-0.15, -0.1) is 0 Å². The number of aromatic carboxylic acids is 2. The summed E-state index contributed by atoms with van der Waals surface area (Å²) >= 11 is 0. The van der Waals surface area contributed by atoms with E-state index >= 15 is 0 Å². The van der Waals surface area contributed by atoms with Crippen molar-refractivity contribution in [2.75, 3.05) is 0 Å². The zero-order chi connectivity index (χ0) is 9.14. The van der Waals surface area contributed by atoms with Crippen molar-refractivity contribution in [3.8, 4) is 0 Å². The molecule has 70 valence electrons. The molecule has 0 aromatic heterocycles. The average molecular weight is 206 g/mol. The molecule has 1 aromatic rings. The molecule has 0 aliphatic heterocycles. The Labute approximate surface area is 95.8 Å². The Kier molecular flexibility index (Phi) is 6.98. The van der Waals surface area contributed by atoms with Gasteiger partial charge in [0.05, 0.1) is 11.9 Å². The topological polar surface area (TPSA) is 112 Å². The van der Waals surface area contributed by atoms with E-state index in [1.165, 1.54) is 0 Å². The first-order chi connectivity index (χ1) is 5.61. The van der Waals surface area contributed by atoms with E-state index in [1.807, 2.05) is 0 Å². The number of benzene rings is 1. The molecule has 0 aliphatic carbocycles. The first-order valence-electron chi connectivity index (χ1n) is 3.14. The minimum atomic E-state index is -1.33. The fraction of sp³-hybridized carbons (Fsp3) is 0. The number of carbonyl (C=O) groups excluding carboxylic acids is 2. The van der Waals surface area contributed by atoms with Crippen LogP contribution in [0.1, 0.15) is 20.7 Å². The summed E-state index contributed by atoms with van der Waals surface area (Å²) in [6.07, 6.45) is 0. The number of carboxylic acid groups (broad SMARTS) is 2. The van der Waals surface area contributed by atoms with Crippen molar-refractivity contribution in [2.24, 2.45) is 0 Å². The van der Waals surface area contributed by atoms with Crippen LogP contribution >= 0.6 is 0 Å². The monoisotopic (exact) mass is 206 g/mol. The first kappa shape index (κ1) is 15.4. The summed E-state index contributed by atoms with van der Waals surface area (Å²) in [7, 11) is 0. The Hall–Kier alpha value is -1.11. The second kappa shape index (κ2) is 6.36. The molecule has 5 nitrogen and oxygen atoms in total. The normalized spacial score (nSPS) is 8.00. The third kappa shape index (κ3) is 3.73. The number of carboxylic acids is 2. The van der Waals surface area contributed by atoms with E-state index in [2.05, 4.69) is 0 Å². The van der Waals surface area contributed by atoms with E-state index in [0.717, 1.165) is 24.3 Å². The second-order valence-corrected chi connectivity index (χ2v) is 2.15. The third-order valence-electron chi connectivity index (χ3n) is 1.36. The van der Waals surface area contributed by atoms with Crippen molar-refractivity contribution in [3.05, 3.63) is 35.4 Å². The third-order valence-corrected chi connectivity index (χ3v) is 1.36. The predicted molar refractivity (Wildman–Crippen MR) is 44.5 cm³/mol. The molecule has 0 saturated heterocycles. The van der Waals surface area contributed by atoms with Gasteiger partial charge in [0.1, 0.15) is 0 Å². The fourth-order valence-corrected chi connectivity index (χ4v) is 0.742. The zero-order valence-electron chi connectivity index (χ0n) is 7.15. The average Bonchev–Trinajstić information content (AvgIpc) is 2.04. The van der Waals surface area contributed by atoms with Gasteiger partial charge in [-0.3, -0.25) is 0 Å². The second-order valence-electron chi connectivity index (χ2n) is 2.15. The first-order valence-corrected chi connectivity index (χ1v) is 3.14. The molecule has 0 aliphatic rings. The van der Waals surface area contributed by atoms with Gasteiger partial charge in [-0.25, -0.2) is 0 Å². The van der Waals surface area contributed by atoms with Gasteiger partial charge >= 0.3 is 23.1 Å². The quantitative estimate of drug-likeness (QED) is 0.487. The van der Waals surface area contributed by atoms with E-state index in [9.17, 15) is 19.8 Å². The number of hydrogen-bond acceptors (Lipinski definition) is 4. The van der Waals surface area contributed by atoms with Gasteiger partial charge in [-0.1, -0.05) is 24.3 Å². The Balaban J connectivity index is 0. The van der Waals surface area contributed by atoms with E-state index in [1.54, 1.807) is 0 Å². The molecule has 1 aromatic carbocycles. The zero-order valence-corrected chi connectivity index (χ0v) is 8.56. The molecular formula is C8H6MgO5. The van der Waals surface area contributed by atoms with Crippen LogP contribution in [0.25, 0.3) is 0 Å². The van der Waals surface area contributed by atoms with Gasteiger partial charge in [0.25, 0.3) is 0 Å². The molecule has 14 heavy (non-hydrogen) atoms. The summed E-state index contributed by atoms with van der Waals surface area (Å²) in [5.41, 5.74) is -0.111. The molecule has 1 rings (SSSR count). The van der Waals surface area contributed by atoms with Gasteiger partial charge in [0.15, 0.2) is 0 Å². The van der Waals surface area contributed by atoms with Crippen LogP contribution in [0.15, 0.2) is 24.3 Å². The molecule has 2 N–H and O–H groups in total. The SMILES string of the molecule is O.O=C([O-])c1ccc(C(=O)[O-])cc1.[Mg+2]. The molecule has 0 heterocycles. The van der Waals surface area contributed by atoms with Crippen LogP contribution in [-0.2, 0) is 0 Å². The minimum absolute atomic E-state index is 0. The molecule has 0 amide bonds. The molecule has 0 spiro atoms. The molecular weight excluding hydrogens is 200 g/mol.